The maximum atomic E-state index is 12.8. The van der Waals surface area contributed by atoms with Crippen LogP contribution in [0, 0.1) is 6.92 Å². The second-order valence-corrected chi connectivity index (χ2v) is 5.71. The molecular weight excluding hydrogens is 336 g/mol. The van der Waals surface area contributed by atoms with E-state index in [4.69, 9.17) is 23.7 Å². The van der Waals surface area contributed by atoms with Gasteiger partial charge in [-0.15, -0.1) is 0 Å². The van der Waals surface area contributed by atoms with E-state index in [0.29, 0.717) is 39.9 Å². The summed E-state index contributed by atoms with van der Waals surface area (Å²) in [5.74, 6) is 2.75. The fourth-order valence-electron chi connectivity index (χ4n) is 2.90. The Morgan fingerprint density at radius 3 is 2.12 bits per heavy atom. The smallest absolute Gasteiger partial charge is 0.232 e. The molecule has 0 aromatic heterocycles. The molecule has 0 atom stereocenters. The summed E-state index contributed by atoms with van der Waals surface area (Å²) in [4.78, 5) is 12.8. The number of allylic oxidation sites excluding steroid dienone is 1. The number of hydrogen-bond acceptors (Lipinski definition) is 6. The van der Waals surface area contributed by atoms with Gasteiger partial charge in [-0.25, -0.2) is 0 Å². The van der Waals surface area contributed by atoms with Crippen LogP contribution >= 0.6 is 0 Å². The number of ketones is 1. The summed E-state index contributed by atoms with van der Waals surface area (Å²) in [6.07, 6.45) is 1.63. The minimum absolute atomic E-state index is 0.183. The number of methoxy groups -OCH3 is 4. The molecule has 136 valence electrons. The zero-order chi connectivity index (χ0) is 18.8. The van der Waals surface area contributed by atoms with Gasteiger partial charge in [0.25, 0.3) is 0 Å². The highest BCUT2D eigenvalue weighted by atomic mass is 16.5. The Kier molecular flexibility index (Phi) is 4.75. The molecule has 0 amide bonds. The molecule has 3 rings (SSSR count). The van der Waals surface area contributed by atoms with Crippen molar-refractivity contribution < 1.29 is 28.5 Å². The lowest BCUT2D eigenvalue weighted by atomic mass is 10.0. The van der Waals surface area contributed by atoms with Gasteiger partial charge >= 0.3 is 0 Å². The van der Waals surface area contributed by atoms with Gasteiger partial charge in [-0.05, 0) is 30.7 Å². The highest BCUT2D eigenvalue weighted by molar-refractivity contribution is 6.15. The predicted molar refractivity (Wildman–Crippen MR) is 96.8 cm³/mol. The molecule has 1 heterocycles. The summed E-state index contributed by atoms with van der Waals surface area (Å²) in [6, 6.07) is 6.94. The first-order chi connectivity index (χ1) is 12.5. The number of carbonyl (C=O) groups excluding carboxylic acids is 1. The van der Waals surface area contributed by atoms with Crippen LogP contribution in [-0.4, -0.2) is 34.2 Å². The second-order valence-electron chi connectivity index (χ2n) is 5.71. The van der Waals surface area contributed by atoms with Crippen LogP contribution in [0.15, 0.2) is 30.0 Å². The topological polar surface area (TPSA) is 63.2 Å². The van der Waals surface area contributed by atoms with Gasteiger partial charge in [0.15, 0.2) is 17.3 Å². The number of carbonyl (C=O) groups is 1. The first-order valence-corrected chi connectivity index (χ1v) is 7.95. The zero-order valence-electron chi connectivity index (χ0n) is 15.3. The zero-order valence-corrected chi connectivity index (χ0v) is 15.3. The summed E-state index contributed by atoms with van der Waals surface area (Å²) >= 11 is 0. The van der Waals surface area contributed by atoms with Crippen molar-refractivity contribution in [2.75, 3.05) is 28.4 Å². The summed E-state index contributed by atoms with van der Waals surface area (Å²) in [7, 11) is 6.21. The van der Waals surface area contributed by atoms with Crippen molar-refractivity contribution in [3.05, 3.63) is 46.7 Å². The number of aryl methyl sites for hydroxylation is 1. The SMILES string of the molecule is COc1cc(C)c2c(c1)O/C(=C\c1cc(OC)c(OC)cc1OC)C2=O. The fourth-order valence-corrected chi connectivity index (χ4v) is 2.90. The molecule has 0 fully saturated rings. The maximum absolute atomic E-state index is 12.8. The van der Waals surface area contributed by atoms with E-state index in [1.807, 2.05) is 6.92 Å². The summed E-state index contributed by atoms with van der Waals surface area (Å²) in [6.45, 7) is 1.85. The van der Waals surface area contributed by atoms with E-state index in [1.54, 1.807) is 58.8 Å². The molecule has 0 saturated carbocycles. The molecule has 0 aliphatic carbocycles. The van der Waals surface area contributed by atoms with E-state index < -0.39 is 0 Å². The first-order valence-electron chi connectivity index (χ1n) is 7.95. The van der Waals surface area contributed by atoms with Crippen LogP contribution < -0.4 is 23.7 Å². The maximum Gasteiger partial charge on any atom is 0.232 e. The van der Waals surface area contributed by atoms with E-state index in [1.165, 1.54) is 0 Å². The van der Waals surface area contributed by atoms with Crippen LogP contribution in [-0.2, 0) is 0 Å². The lowest BCUT2D eigenvalue weighted by Gasteiger charge is -2.12. The largest absolute Gasteiger partial charge is 0.497 e. The standard InChI is InChI=1S/C20H20O6/c1-11-6-13(22-2)9-17-19(11)20(21)18(26-17)8-12-7-15(24-4)16(25-5)10-14(12)23-3/h6-10H,1-5H3/b18-8-. The highest BCUT2D eigenvalue weighted by Gasteiger charge is 2.30. The summed E-state index contributed by atoms with van der Waals surface area (Å²) in [5, 5.41) is 0. The Labute approximate surface area is 151 Å². The molecule has 6 nitrogen and oxygen atoms in total. The van der Waals surface area contributed by atoms with E-state index in [9.17, 15) is 4.79 Å². The Balaban J connectivity index is 2.06. The Morgan fingerprint density at radius 1 is 0.846 bits per heavy atom. The molecule has 0 saturated heterocycles. The molecule has 6 heteroatoms. The van der Waals surface area contributed by atoms with Gasteiger partial charge in [-0.2, -0.15) is 0 Å². The fraction of sp³-hybridized carbons (Fsp3) is 0.250. The van der Waals surface area contributed by atoms with Gasteiger partial charge in [0, 0.05) is 17.7 Å². The van der Waals surface area contributed by atoms with Crippen LogP contribution in [0.3, 0.4) is 0 Å². The number of hydrogen-bond donors (Lipinski definition) is 0. The highest BCUT2D eigenvalue weighted by Crippen LogP contribution is 2.40. The third-order valence-corrected chi connectivity index (χ3v) is 4.20. The molecule has 0 radical (unpaired) electrons. The minimum atomic E-state index is -0.183. The lowest BCUT2D eigenvalue weighted by Crippen LogP contribution is -2.01. The summed E-state index contributed by atoms with van der Waals surface area (Å²) in [5.41, 5.74) is 1.98. The second kappa shape index (κ2) is 7.00. The number of benzene rings is 2. The third-order valence-electron chi connectivity index (χ3n) is 4.20. The van der Waals surface area contributed by atoms with Gasteiger partial charge in [-0.1, -0.05) is 0 Å². The van der Waals surface area contributed by atoms with Crippen molar-refractivity contribution in [3.63, 3.8) is 0 Å². The number of Topliss-reactive ketones (excluding diaryl/α,β-unsaturated/α-hetero) is 1. The first kappa shape index (κ1) is 17.7. The average molecular weight is 356 g/mol. The van der Waals surface area contributed by atoms with E-state index in [2.05, 4.69) is 0 Å². The average Bonchev–Trinajstić information content (AvgIpc) is 2.97. The molecule has 1 aliphatic heterocycles. The van der Waals surface area contributed by atoms with E-state index >= 15 is 0 Å². The third kappa shape index (κ3) is 2.94. The molecule has 2 aromatic rings. The van der Waals surface area contributed by atoms with Gasteiger partial charge in [0.2, 0.25) is 5.78 Å². The van der Waals surface area contributed by atoms with Crippen molar-refractivity contribution in [3.8, 4) is 28.7 Å². The van der Waals surface area contributed by atoms with Crippen molar-refractivity contribution in [2.45, 2.75) is 6.92 Å². The normalized spacial score (nSPS) is 14.0. The molecule has 26 heavy (non-hydrogen) atoms. The van der Waals surface area contributed by atoms with Crippen LogP contribution in [0.25, 0.3) is 6.08 Å². The number of rotatable bonds is 5. The van der Waals surface area contributed by atoms with Crippen LogP contribution in [0.1, 0.15) is 21.5 Å². The predicted octanol–water partition coefficient (Wildman–Crippen LogP) is 3.65. The van der Waals surface area contributed by atoms with Crippen molar-refractivity contribution in [2.24, 2.45) is 0 Å². The Morgan fingerprint density at radius 2 is 1.50 bits per heavy atom. The van der Waals surface area contributed by atoms with Gasteiger partial charge < -0.3 is 23.7 Å². The Hall–Kier alpha value is -3.15. The molecule has 0 unspecified atom stereocenters. The number of fused-ring (bicyclic) bond motifs is 1. The minimum Gasteiger partial charge on any atom is -0.497 e. The molecule has 0 bridgehead atoms. The van der Waals surface area contributed by atoms with Crippen molar-refractivity contribution in [1.29, 1.82) is 0 Å². The van der Waals surface area contributed by atoms with Crippen molar-refractivity contribution in [1.82, 2.24) is 0 Å². The summed E-state index contributed by atoms with van der Waals surface area (Å²) < 4.78 is 27.0. The Bertz CT molecular complexity index is 898. The number of ether oxygens (including phenoxy) is 5. The van der Waals surface area contributed by atoms with Crippen LogP contribution in [0.4, 0.5) is 0 Å². The van der Waals surface area contributed by atoms with Crippen LogP contribution in [0.2, 0.25) is 0 Å². The molecule has 0 spiro atoms. The molecular formula is C20H20O6. The monoisotopic (exact) mass is 356 g/mol. The van der Waals surface area contributed by atoms with E-state index in [0.717, 1.165) is 5.56 Å². The molecule has 2 aromatic carbocycles. The molecule has 1 aliphatic rings. The van der Waals surface area contributed by atoms with Gasteiger partial charge in [-0.3, -0.25) is 4.79 Å². The lowest BCUT2D eigenvalue weighted by molar-refractivity contribution is 0.101. The van der Waals surface area contributed by atoms with E-state index in [-0.39, 0.29) is 11.5 Å². The van der Waals surface area contributed by atoms with Gasteiger partial charge in [0.05, 0.1) is 34.0 Å². The quantitative estimate of drug-likeness (QED) is 0.762. The van der Waals surface area contributed by atoms with Crippen LogP contribution in [0.5, 0.6) is 28.7 Å². The van der Waals surface area contributed by atoms with Crippen molar-refractivity contribution >= 4 is 11.9 Å². The molecule has 0 N–H and O–H groups in total. The van der Waals surface area contributed by atoms with Gasteiger partial charge in [0.1, 0.15) is 17.2 Å².